The minimum Gasteiger partial charge on any atom is -0.497 e. The van der Waals surface area contributed by atoms with Gasteiger partial charge < -0.3 is 10.1 Å². The molecule has 3 rings (SSSR count). The van der Waals surface area contributed by atoms with E-state index >= 15 is 0 Å². The molecule has 0 amide bonds. The van der Waals surface area contributed by atoms with Gasteiger partial charge in [-0.3, -0.25) is 0 Å². The zero-order chi connectivity index (χ0) is 11.0. The first-order valence-corrected chi connectivity index (χ1v) is 6.26. The summed E-state index contributed by atoms with van der Waals surface area (Å²) in [5.74, 6) is 2.62. The van der Waals surface area contributed by atoms with E-state index in [9.17, 15) is 0 Å². The minimum atomic E-state index is 0.764. The smallest absolute Gasteiger partial charge is 0.119 e. The molecule has 2 heteroatoms. The van der Waals surface area contributed by atoms with Crippen molar-refractivity contribution in [1.29, 1.82) is 0 Å². The maximum absolute atomic E-state index is 5.33. The second kappa shape index (κ2) is 4.10. The summed E-state index contributed by atoms with van der Waals surface area (Å²) in [6, 6.07) is 6.59. The molecule has 0 radical (unpaired) electrons. The van der Waals surface area contributed by atoms with Crippen molar-refractivity contribution in [2.75, 3.05) is 20.2 Å². The van der Waals surface area contributed by atoms with E-state index in [0.29, 0.717) is 0 Å². The summed E-state index contributed by atoms with van der Waals surface area (Å²) in [5.41, 5.74) is 3.09. The fourth-order valence-corrected chi connectivity index (χ4v) is 3.25. The molecule has 1 aromatic rings. The molecule has 0 saturated carbocycles. The lowest BCUT2D eigenvalue weighted by Crippen LogP contribution is -2.14. The van der Waals surface area contributed by atoms with E-state index in [-0.39, 0.29) is 0 Å². The van der Waals surface area contributed by atoms with Gasteiger partial charge in [0.15, 0.2) is 0 Å². The molecular formula is C14H19NO. The highest BCUT2D eigenvalue weighted by atomic mass is 16.5. The molecule has 1 saturated heterocycles. The van der Waals surface area contributed by atoms with Crippen LogP contribution >= 0.6 is 0 Å². The Morgan fingerprint density at radius 2 is 2.25 bits per heavy atom. The number of methoxy groups -OCH3 is 1. The first kappa shape index (κ1) is 10.2. The van der Waals surface area contributed by atoms with E-state index in [2.05, 4.69) is 23.5 Å². The van der Waals surface area contributed by atoms with E-state index in [1.165, 1.54) is 37.9 Å². The monoisotopic (exact) mass is 217 g/mol. The molecule has 2 atom stereocenters. The zero-order valence-corrected chi connectivity index (χ0v) is 9.83. The van der Waals surface area contributed by atoms with Crippen LogP contribution in [-0.4, -0.2) is 20.2 Å². The fraction of sp³-hybridized carbons (Fsp3) is 0.571. The third kappa shape index (κ3) is 1.61. The third-order valence-electron chi connectivity index (χ3n) is 4.14. The highest BCUT2D eigenvalue weighted by molar-refractivity contribution is 5.41. The second-order valence-electron chi connectivity index (χ2n) is 4.96. The van der Waals surface area contributed by atoms with Crippen LogP contribution in [0, 0.1) is 5.92 Å². The number of hydrogen-bond acceptors (Lipinski definition) is 2. The van der Waals surface area contributed by atoms with E-state index in [4.69, 9.17) is 4.74 Å². The second-order valence-corrected chi connectivity index (χ2v) is 4.96. The van der Waals surface area contributed by atoms with Crippen molar-refractivity contribution in [1.82, 2.24) is 5.32 Å². The van der Waals surface area contributed by atoms with Gasteiger partial charge in [-0.1, -0.05) is 6.07 Å². The van der Waals surface area contributed by atoms with Crippen LogP contribution < -0.4 is 10.1 Å². The molecule has 0 aromatic heterocycles. The van der Waals surface area contributed by atoms with Gasteiger partial charge in [0.1, 0.15) is 5.75 Å². The Labute approximate surface area is 97.0 Å². The molecule has 1 heterocycles. The van der Waals surface area contributed by atoms with Gasteiger partial charge in [-0.25, -0.2) is 0 Å². The average molecular weight is 217 g/mol. The predicted octanol–water partition coefficient (Wildman–Crippen LogP) is 2.33. The molecule has 16 heavy (non-hydrogen) atoms. The summed E-state index contributed by atoms with van der Waals surface area (Å²) in [6.45, 7) is 2.39. The van der Waals surface area contributed by atoms with Gasteiger partial charge in [0.25, 0.3) is 0 Å². The van der Waals surface area contributed by atoms with Crippen molar-refractivity contribution in [3.63, 3.8) is 0 Å². The van der Waals surface area contributed by atoms with Crippen LogP contribution in [0.25, 0.3) is 0 Å². The number of fused-ring (bicyclic) bond motifs is 1. The molecule has 0 bridgehead atoms. The van der Waals surface area contributed by atoms with Crippen molar-refractivity contribution in [2.24, 2.45) is 5.92 Å². The van der Waals surface area contributed by atoms with E-state index in [1.807, 2.05) is 0 Å². The number of rotatable bonds is 2. The molecule has 86 valence electrons. The highest BCUT2D eigenvalue weighted by Gasteiger charge is 2.31. The maximum Gasteiger partial charge on any atom is 0.119 e. The Bertz CT molecular complexity index is 382. The van der Waals surface area contributed by atoms with Gasteiger partial charge in [-0.05, 0) is 67.4 Å². The van der Waals surface area contributed by atoms with Gasteiger partial charge in [0.2, 0.25) is 0 Å². The van der Waals surface area contributed by atoms with Crippen LogP contribution in [0.15, 0.2) is 18.2 Å². The average Bonchev–Trinajstić information content (AvgIpc) is 2.96. The van der Waals surface area contributed by atoms with Gasteiger partial charge >= 0.3 is 0 Å². The largest absolute Gasteiger partial charge is 0.497 e. The maximum atomic E-state index is 5.33. The summed E-state index contributed by atoms with van der Waals surface area (Å²) in [7, 11) is 1.75. The molecule has 1 N–H and O–H groups in total. The summed E-state index contributed by atoms with van der Waals surface area (Å²) in [5, 5.41) is 3.48. The highest BCUT2D eigenvalue weighted by Crippen LogP contribution is 2.41. The lowest BCUT2D eigenvalue weighted by molar-refractivity contribution is 0.411. The zero-order valence-electron chi connectivity index (χ0n) is 9.83. The van der Waals surface area contributed by atoms with E-state index in [1.54, 1.807) is 12.7 Å². The topological polar surface area (TPSA) is 21.3 Å². The lowest BCUT2D eigenvalue weighted by Gasteiger charge is -2.18. The van der Waals surface area contributed by atoms with Crippen molar-refractivity contribution in [3.8, 4) is 5.75 Å². The number of hydrogen-bond donors (Lipinski definition) is 1. The Hall–Kier alpha value is -1.02. The quantitative estimate of drug-likeness (QED) is 0.821. The number of ether oxygens (including phenoxy) is 1. The van der Waals surface area contributed by atoms with Gasteiger partial charge in [0, 0.05) is 0 Å². The predicted molar refractivity (Wildman–Crippen MR) is 65.0 cm³/mol. The van der Waals surface area contributed by atoms with Crippen LogP contribution in [0.2, 0.25) is 0 Å². The van der Waals surface area contributed by atoms with Gasteiger partial charge in [0.05, 0.1) is 7.11 Å². The van der Waals surface area contributed by atoms with Crippen LogP contribution in [0.5, 0.6) is 5.75 Å². The van der Waals surface area contributed by atoms with Crippen molar-refractivity contribution in [3.05, 3.63) is 29.3 Å². The van der Waals surface area contributed by atoms with Crippen molar-refractivity contribution in [2.45, 2.75) is 25.2 Å². The molecule has 1 aromatic carbocycles. The Morgan fingerprint density at radius 3 is 3.00 bits per heavy atom. The Kier molecular flexibility index (Phi) is 2.60. The molecule has 0 spiro atoms. The standard InChI is InChI=1S/C14H19NO/c1-16-12-4-2-10-3-5-13(14(10)8-12)11-6-7-15-9-11/h2,4,8,11,13,15H,3,5-7,9H2,1H3. The summed E-state index contributed by atoms with van der Waals surface area (Å²) in [6.07, 6.45) is 3.91. The number of benzene rings is 1. The molecular weight excluding hydrogens is 198 g/mol. The van der Waals surface area contributed by atoms with Crippen LogP contribution in [-0.2, 0) is 6.42 Å². The SMILES string of the molecule is COc1ccc2c(c1)C(C1CCNC1)CC2. The summed E-state index contributed by atoms with van der Waals surface area (Å²) in [4.78, 5) is 0. The third-order valence-corrected chi connectivity index (χ3v) is 4.14. The number of nitrogens with one attached hydrogen (secondary N) is 1. The normalized spacial score (nSPS) is 28.1. The van der Waals surface area contributed by atoms with Crippen molar-refractivity contribution < 1.29 is 4.74 Å². The number of aryl methyl sites for hydroxylation is 1. The molecule has 2 aliphatic rings. The molecule has 1 aliphatic heterocycles. The van der Waals surface area contributed by atoms with Gasteiger partial charge in [-0.15, -0.1) is 0 Å². The van der Waals surface area contributed by atoms with Crippen molar-refractivity contribution >= 4 is 0 Å². The minimum absolute atomic E-state index is 0.764. The molecule has 2 nitrogen and oxygen atoms in total. The van der Waals surface area contributed by atoms with Gasteiger partial charge in [-0.2, -0.15) is 0 Å². The van der Waals surface area contributed by atoms with Crippen LogP contribution in [0.1, 0.15) is 29.9 Å². The molecule has 2 unspecified atom stereocenters. The Balaban J connectivity index is 1.90. The molecule has 1 fully saturated rings. The first-order valence-electron chi connectivity index (χ1n) is 6.26. The summed E-state index contributed by atoms with van der Waals surface area (Å²) >= 11 is 0. The molecule has 1 aliphatic carbocycles. The van der Waals surface area contributed by atoms with E-state index < -0.39 is 0 Å². The van der Waals surface area contributed by atoms with Crippen LogP contribution in [0.4, 0.5) is 0 Å². The van der Waals surface area contributed by atoms with E-state index in [0.717, 1.165) is 17.6 Å². The Morgan fingerprint density at radius 1 is 1.31 bits per heavy atom. The summed E-state index contributed by atoms with van der Waals surface area (Å²) < 4.78 is 5.33. The first-order chi connectivity index (χ1) is 7.88. The fourth-order valence-electron chi connectivity index (χ4n) is 3.25. The lowest BCUT2D eigenvalue weighted by atomic mass is 9.87. The van der Waals surface area contributed by atoms with Crippen LogP contribution in [0.3, 0.4) is 0 Å².